The number of carboxylic acid groups (broad SMARTS) is 1. The minimum atomic E-state index is -4.59. The van der Waals surface area contributed by atoms with E-state index in [2.05, 4.69) is 4.98 Å². The van der Waals surface area contributed by atoms with E-state index in [1.165, 1.54) is 7.05 Å². The van der Waals surface area contributed by atoms with Crippen molar-refractivity contribution in [2.75, 3.05) is 7.05 Å². The van der Waals surface area contributed by atoms with Crippen molar-refractivity contribution in [3.8, 4) is 0 Å². The zero-order valence-corrected chi connectivity index (χ0v) is 10.6. The summed E-state index contributed by atoms with van der Waals surface area (Å²) < 4.78 is 38.3. The molecule has 0 aliphatic carbocycles. The van der Waals surface area contributed by atoms with Crippen LogP contribution >= 0.6 is 0 Å². The van der Waals surface area contributed by atoms with Crippen molar-refractivity contribution in [3.63, 3.8) is 0 Å². The fourth-order valence-electron chi connectivity index (χ4n) is 1.64. The third kappa shape index (κ3) is 4.86. The Morgan fingerprint density at radius 1 is 1.47 bits per heavy atom. The molecule has 0 bridgehead atoms. The van der Waals surface area contributed by atoms with Crippen LogP contribution in [0, 0.1) is 6.92 Å². The van der Waals surface area contributed by atoms with E-state index in [0.29, 0.717) is 5.69 Å². The highest BCUT2D eigenvalue weighted by molar-refractivity contribution is 5.67. The number of carboxylic acids is 1. The molecule has 0 fully saturated rings. The predicted molar refractivity (Wildman–Crippen MR) is 62.5 cm³/mol. The first-order chi connectivity index (χ1) is 8.70. The van der Waals surface area contributed by atoms with Crippen LogP contribution in [0.25, 0.3) is 0 Å². The second-order valence-corrected chi connectivity index (χ2v) is 4.40. The zero-order chi connectivity index (χ0) is 14.6. The topological polar surface area (TPSA) is 53.4 Å². The maximum atomic E-state index is 12.8. The molecule has 0 radical (unpaired) electrons. The lowest BCUT2D eigenvalue weighted by Crippen LogP contribution is -2.44. The molecular formula is C12H15F3N2O2. The summed E-state index contributed by atoms with van der Waals surface area (Å²) in [5.74, 6) is -1.48. The van der Waals surface area contributed by atoms with Crippen molar-refractivity contribution in [3.05, 3.63) is 29.6 Å². The van der Waals surface area contributed by atoms with Crippen LogP contribution in [0.2, 0.25) is 0 Å². The van der Waals surface area contributed by atoms with E-state index in [9.17, 15) is 18.0 Å². The van der Waals surface area contributed by atoms with Gasteiger partial charge in [-0.2, -0.15) is 13.2 Å². The van der Waals surface area contributed by atoms with Crippen molar-refractivity contribution in [1.82, 2.24) is 9.88 Å². The molecule has 19 heavy (non-hydrogen) atoms. The Balaban J connectivity index is 2.79. The number of aromatic nitrogens is 1. The van der Waals surface area contributed by atoms with E-state index in [1.54, 1.807) is 18.3 Å². The molecule has 106 valence electrons. The molecule has 1 aromatic heterocycles. The number of rotatable bonds is 5. The third-order valence-electron chi connectivity index (χ3n) is 2.66. The SMILES string of the molecule is Cc1ccc(CN(C)C(CC(=O)O)C(F)(F)F)nc1. The van der Waals surface area contributed by atoms with E-state index >= 15 is 0 Å². The highest BCUT2D eigenvalue weighted by Gasteiger charge is 2.43. The molecule has 1 rings (SSSR count). The first-order valence-electron chi connectivity index (χ1n) is 5.60. The van der Waals surface area contributed by atoms with Gasteiger partial charge in [0.2, 0.25) is 0 Å². The second-order valence-electron chi connectivity index (χ2n) is 4.40. The molecule has 0 aliphatic heterocycles. The molecule has 0 saturated carbocycles. The second kappa shape index (κ2) is 6.01. The molecule has 7 heteroatoms. The minimum Gasteiger partial charge on any atom is -0.481 e. The third-order valence-corrected chi connectivity index (χ3v) is 2.66. The maximum Gasteiger partial charge on any atom is 0.404 e. The molecule has 0 aliphatic rings. The Morgan fingerprint density at radius 2 is 2.11 bits per heavy atom. The lowest BCUT2D eigenvalue weighted by molar-refractivity contribution is -0.188. The average molecular weight is 276 g/mol. The normalized spacial score (nSPS) is 13.6. The lowest BCUT2D eigenvalue weighted by Gasteiger charge is -2.28. The lowest BCUT2D eigenvalue weighted by atomic mass is 10.1. The number of aliphatic carboxylic acids is 1. The number of halogens is 3. The largest absolute Gasteiger partial charge is 0.481 e. The number of pyridine rings is 1. The molecule has 1 unspecified atom stereocenters. The van der Waals surface area contributed by atoms with Crippen LogP contribution in [0.15, 0.2) is 18.3 Å². The Bertz CT molecular complexity index is 432. The van der Waals surface area contributed by atoms with Gasteiger partial charge in [0.1, 0.15) is 6.04 Å². The van der Waals surface area contributed by atoms with Gasteiger partial charge >= 0.3 is 12.1 Å². The van der Waals surface area contributed by atoms with Gasteiger partial charge in [0, 0.05) is 12.7 Å². The molecular weight excluding hydrogens is 261 g/mol. The van der Waals surface area contributed by atoms with Gasteiger partial charge in [0.25, 0.3) is 0 Å². The zero-order valence-electron chi connectivity index (χ0n) is 10.6. The van der Waals surface area contributed by atoms with E-state index in [4.69, 9.17) is 5.11 Å². The van der Waals surface area contributed by atoms with Crippen molar-refractivity contribution in [2.45, 2.75) is 32.1 Å². The van der Waals surface area contributed by atoms with E-state index in [-0.39, 0.29) is 6.54 Å². The fraction of sp³-hybridized carbons (Fsp3) is 0.500. The average Bonchev–Trinajstić information content (AvgIpc) is 2.27. The summed E-state index contributed by atoms with van der Waals surface area (Å²) in [5, 5.41) is 8.56. The van der Waals surface area contributed by atoms with E-state index < -0.39 is 24.6 Å². The van der Waals surface area contributed by atoms with Crippen LogP contribution in [0.1, 0.15) is 17.7 Å². The van der Waals surface area contributed by atoms with Crippen molar-refractivity contribution in [1.29, 1.82) is 0 Å². The highest BCUT2D eigenvalue weighted by atomic mass is 19.4. The van der Waals surface area contributed by atoms with Crippen LogP contribution in [0.3, 0.4) is 0 Å². The summed E-state index contributed by atoms with van der Waals surface area (Å²) in [6.07, 6.45) is -4.01. The van der Waals surface area contributed by atoms with Crippen LogP contribution in [-0.2, 0) is 11.3 Å². The van der Waals surface area contributed by atoms with Crippen LogP contribution in [-0.4, -0.2) is 40.2 Å². The minimum absolute atomic E-state index is 0.0578. The summed E-state index contributed by atoms with van der Waals surface area (Å²) in [4.78, 5) is 15.5. The summed E-state index contributed by atoms with van der Waals surface area (Å²) in [6, 6.07) is 1.35. The Morgan fingerprint density at radius 3 is 2.53 bits per heavy atom. The maximum absolute atomic E-state index is 12.8. The summed E-state index contributed by atoms with van der Waals surface area (Å²) in [5.41, 5.74) is 1.37. The monoisotopic (exact) mass is 276 g/mol. The molecule has 0 saturated heterocycles. The van der Waals surface area contributed by atoms with E-state index in [0.717, 1.165) is 10.5 Å². The molecule has 0 aromatic carbocycles. The van der Waals surface area contributed by atoms with Crippen LogP contribution < -0.4 is 0 Å². The molecule has 0 amide bonds. The molecule has 1 atom stereocenters. The fourth-order valence-corrected chi connectivity index (χ4v) is 1.64. The number of hydrogen-bond acceptors (Lipinski definition) is 3. The molecule has 1 heterocycles. The van der Waals surface area contributed by atoms with Crippen molar-refractivity contribution in [2.24, 2.45) is 0 Å². The summed E-state index contributed by atoms with van der Waals surface area (Å²) in [6.45, 7) is 1.77. The number of hydrogen-bond donors (Lipinski definition) is 1. The first kappa shape index (κ1) is 15.4. The van der Waals surface area contributed by atoms with Gasteiger partial charge in [-0.25, -0.2) is 0 Å². The smallest absolute Gasteiger partial charge is 0.404 e. The van der Waals surface area contributed by atoms with Gasteiger partial charge in [-0.3, -0.25) is 14.7 Å². The van der Waals surface area contributed by atoms with E-state index in [1.807, 2.05) is 6.92 Å². The standard InChI is InChI=1S/C12H15F3N2O2/c1-8-3-4-9(16-6-8)7-17(2)10(5-11(18)19)12(13,14)15/h3-4,6,10H,5,7H2,1-2H3,(H,18,19). The quantitative estimate of drug-likeness (QED) is 0.896. The molecule has 1 aromatic rings. The number of alkyl halides is 3. The first-order valence-corrected chi connectivity index (χ1v) is 5.60. The predicted octanol–water partition coefficient (Wildman–Crippen LogP) is 2.23. The van der Waals surface area contributed by atoms with Gasteiger partial charge in [-0.15, -0.1) is 0 Å². The highest BCUT2D eigenvalue weighted by Crippen LogP contribution is 2.27. The van der Waals surface area contributed by atoms with Crippen LogP contribution in [0.4, 0.5) is 13.2 Å². The van der Waals surface area contributed by atoms with Gasteiger partial charge in [0.05, 0.1) is 12.1 Å². The molecule has 0 spiro atoms. The summed E-state index contributed by atoms with van der Waals surface area (Å²) in [7, 11) is 1.24. The number of aryl methyl sites for hydroxylation is 1. The van der Waals surface area contributed by atoms with Gasteiger partial charge in [-0.1, -0.05) is 6.07 Å². The summed E-state index contributed by atoms with van der Waals surface area (Å²) >= 11 is 0. The molecule has 4 nitrogen and oxygen atoms in total. The Hall–Kier alpha value is -1.63. The number of nitrogens with zero attached hydrogens (tertiary/aromatic N) is 2. The van der Waals surface area contributed by atoms with Gasteiger partial charge < -0.3 is 5.11 Å². The Labute approximate surface area is 108 Å². The van der Waals surface area contributed by atoms with Crippen molar-refractivity contribution < 1.29 is 23.1 Å². The molecule has 1 N–H and O–H groups in total. The van der Waals surface area contributed by atoms with Gasteiger partial charge in [-0.05, 0) is 25.6 Å². The van der Waals surface area contributed by atoms with Crippen molar-refractivity contribution >= 4 is 5.97 Å². The number of carbonyl (C=O) groups is 1. The Kier molecular flexibility index (Phi) is 4.88. The van der Waals surface area contributed by atoms with Gasteiger partial charge in [0.15, 0.2) is 0 Å². The van der Waals surface area contributed by atoms with Crippen LogP contribution in [0.5, 0.6) is 0 Å².